The summed E-state index contributed by atoms with van der Waals surface area (Å²) in [5.41, 5.74) is 3.07. The molecular formula is C15H23N3O3. The fourth-order valence-corrected chi connectivity index (χ4v) is 2.62. The summed E-state index contributed by atoms with van der Waals surface area (Å²) in [6.45, 7) is 2.57. The van der Waals surface area contributed by atoms with Crippen LogP contribution in [0.25, 0.3) is 0 Å². The monoisotopic (exact) mass is 293 g/mol. The van der Waals surface area contributed by atoms with E-state index in [1.165, 1.54) is 0 Å². The third-order valence-corrected chi connectivity index (χ3v) is 3.79. The van der Waals surface area contributed by atoms with Gasteiger partial charge >= 0.3 is 0 Å². The van der Waals surface area contributed by atoms with E-state index in [1.807, 2.05) is 19.2 Å². The lowest BCUT2D eigenvalue weighted by atomic mass is 9.94. The second-order valence-corrected chi connectivity index (χ2v) is 5.68. The first-order valence-electron chi connectivity index (χ1n) is 7.11. The van der Waals surface area contributed by atoms with Crippen LogP contribution in [0.3, 0.4) is 0 Å². The van der Waals surface area contributed by atoms with Gasteiger partial charge in [-0.2, -0.15) is 0 Å². The Morgan fingerprint density at radius 1 is 1.38 bits per heavy atom. The number of hydrazine groups is 1. The van der Waals surface area contributed by atoms with Gasteiger partial charge in [0.1, 0.15) is 0 Å². The van der Waals surface area contributed by atoms with E-state index < -0.39 is 5.60 Å². The van der Waals surface area contributed by atoms with Crippen molar-refractivity contribution in [2.45, 2.75) is 25.0 Å². The van der Waals surface area contributed by atoms with E-state index >= 15 is 0 Å². The first-order valence-corrected chi connectivity index (χ1v) is 7.11. The summed E-state index contributed by atoms with van der Waals surface area (Å²) in [6, 6.07) is 7.28. The highest BCUT2D eigenvalue weighted by molar-refractivity contribution is 5.93. The molecular weight excluding hydrogens is 270 g/mol. The van der Waals surface area contributed by atoms with E-state index in [0.29, 0.717) is 44.7 Å². The van der Waals surface area contributed by atoms with Crippen molar-refractivity contribution in [2.75, 3.05) is 26.8 Å². The molecule has 1 saturated heterocycles. The van der Waals surface area contributed by atoms with E-state index in [-0.39, 0.29) is 5.91 Å². The Balaban J connectivity index is 1.90. The van der Waals surface area contributed by atoms with E-state index in [4.69, 9.17) is 10.6 Å². The number of likely N-dealkylation sites (N-methyl/N-ethyl adjacent to an activating group) is 1. The summed E-state index contributed by atoms with van der Waals surface area (Å²) in [7, 11) is 1.98. The molecule has 1 amide bonds. The van der Waals surface area contributed by atoms with Crippen LogP contribution in [0.1, 0.15) is 28.8 Å². The molecule has 1 heterocycles. The van der Waals surface area contributed by atoms with Crippen molar-refractivity contribution in [1.29, 1.82) is 0 Å². The van der Waals surface area contributed by atoms with Crippen LogP contribution in [0.4, 0.5) is 0 Å². The molecule has 1 aliphatic heterocycles. The number of hydrogen-bond acceptors (Lipinski definition) is 5. The van der Waals surface area contributed by atoms with Crippen LogP contribution in [0.15, 0.2) is 24.3 Å². The first-order chi connectivity index (χ1) is 10.0. The van der Waals surface area contributed by atoms with Crippen molar-refractivity contribution in [2.24, 2.45) is 5.84 Å². The van der Waals surface area contributed by atoms with E-state index in [1.54, 1.807) is 12.1 Å². The van der Waals surface area contributed by atoms with Gasteiger partial charge in [0.05, 0.1) is 5.60 Å². The highest BCUT2D eigenvalue weighted by Crippen LogP contribution is 2.22. The van der Waals surface area contributed by atoms with Gasteiger partial charge in [0.2, 0.25) is 0 Å². The molecule has 2 rings (SSSR count). The third kappa shape index (κ3) is 4.50. The Morgan fingerprint density at radius 2 is 2.00 bits per heavy atom. The second kappa shape index (κ2) is 7.00. The van der Waals surface area contributed by atoms with Crippen molar-refractivity contribution in [3.8, 4) is 0 Å². The molecule has 0 saturated carbocycles. The number of amides is 1. The number of benzene rings is 1. The number of carbonyl (C=O) groups excluding carboxylic acids is 1. The van der Waals surface area contributed by atoms with Crippen molar-refractivity contribution in [1.82, 2.24) is 10.3 Å². The first kappa shape index (κ1) is 15.9. The lowest BCUT2D eigenvalue weighted by Gasteiger charge is -2.35. The quantitative estimate of drug-likeness (QED) is 0.412. The third-order valence-electron chi connectivity index (χ3n) is 3.79. The summed E-state index contributed by atoms with van der Waals surface area (Å²) < 4.78 is 5.28. The highest BCUT2D eigenvalue weighted by Gasteiger charge is 2.30. The van der Waals surface area contributed by atoms with Crippen molar-refractivity contribution >= 4 is 5.91 Å². The lowest BCUT2D eigenvalue weighted by molar-refractivity contribution is -0.0777. The average Bonchev–Trinajstić information content (AvgIpc) is 2.47. The summed E-state index contributed by atoms with van der Waals surface area (Å²) in [4.78, 5) is 13.4. The number of hydrogen-bond donors (Lipinski definition) is 3. The largest absolute Gasteiger partial charge is 0.388 e. The summed E-state index contributed by atoms with van der Waals surface area (Å²) >= 11 is 0. The minimum atomic E-state index is -0.660. The minimum Gasteiger partial charge on any atom is -0.388 e. The van der Waals surface area contributed by atoms with Gasteiger partial charge in [-0.25, -0.2) is 5.84 Å². The molecule has 0 aliphatic carbocycles. The van der Waals surface area contributed by atoms with Gasteiger partial charge in [-0.05, 0) is 24.7 Å². The maximum Gasteiger partial charge on any atom is 0.265 e. The molecule has 6 heteroatoms. The molecule has 1 fully saturated rings. The number of rotatable bonds is 5. The van der Waals surface area contributed by atoms with Gasteiger partial charge < -0.3 is 9.84 Å². The maximum atomic E-state index is 11.4. The molecule has 6 nitrogen and oxygen atoms in total. The van der Waals surface area contributed by atoms with Gasteiger partial charge in [0, 0.05) is 44.7 Å². The molecule has 1 aliphatic rings. The Kier molecular flexibility index (Phi) is 5.30. The van der Waals surface area contributed by atoms with Crippen LogP contribution in [0.2, 0.25) is 0 Å². The van der Waals surface area contributed by atoms with Crippen LogP contribution in [-0.4, -0.2) is 48.3 Å². The van der Waals surface area contributed by atoms with Crippen LogP contribution < -0.4 is 11.3 Å². The van der Waals surface area contributed by atoms with E-state index in [9.17, 15) is 9.90 Å². The fraction of sp³-hybridized carbons (Fsp3) is 0.533. The molecule has 0 radical (unpaired) electrons. The molecule has 0 spiro atoms. The van der Waals surface area contributed by atoms with Crippen LogP contribution in [0, 0.1) is 0 Å². The van der Waals surface area contributed by atoms with Crippen LogP contribution >= 0.6 is 0 Å². The van der Waals surface area contributed by atoms with E-state index in [0.717, 1.165) is 5.56 Å². The Hall–Kier alpha value is -1.47. The topological polar surface area (TPSA) is 87.8 Å². The second-order valence-electron chi connectivity index (χ2n) is 5.68. The Labute approximate surface area is 124 Å². The molecule has 0 unspecified atom stereocenters. The van der Waals surface area contributed by atoms with Crippen molar-refractivity contribution in [3.63, 3.8) is 0 Å². The summed E-state index contributed by atoms with van der Waals surface area (Å²) in [5, 5.41) is 10.5. The van der Waals surface area contributed by atoms with Crippen LogP contribution in [0.5, 0.6) is 0 Å². The molecule has 0 aromatic heterocycles. The number of nitrogen functional groups attached to an aromatic ring is 1. The van der Waals surface area contributed by atoms with Crippen LogP contribution in [-0.2, 0) is 11.3 Å². The molecule has 0 bridgehead atoms. The number of aliphatic hydroxyl groups is 1. The smallest absolute Gasteiger partial charge is 0.265 e. The molecule has 116 valence electrons. The van der Waals surface area contributed by atoms with E-state index in [2.05, 4.69) is 10.3 Å². The molecule has 1 aromatic rings. The zero-order valence-corrected chi connectivity index (χ0v) is 12.3. The number of ether oxygens (including phenoxy) is 1. The Bertz CT molecular complexity index is 470. The molecule has 1 aromatic carbocycles. The zero-order valence-electron chi connectivity index (χ0n) is 12.3. The predicted molar refractivity (Wildman–Crippen MR) is 79.4 cm³/mol. The van der Waals surface area contributed by atoms with Gasteiger partial charge in [0.25, 0.3) is 5.91 Å². The normalized spacial score (nSPS) is 17.7. The minimum absolute atomic E-state index is 0.300. The maximum absolute atomic E-state index is 11.4. The number of nitrogens with zero attached hydrogens (tertiary/aromatic N) is 1. The number of nitrogens with one attached hydrogen (secondary N) is 1. The van der Waals surface area contributed by atoms with Gasteiger partial charge in [-0.3, -0.25) is 15.1 Å². The van der Waals surface area contributed by atoms with Gasteiger partial charge in [0.15, 0.2) is 0 Å². The zero-order chi connectivity index (χ0) is 15.3. The van der Waals surface area contributed by atoms with Crippen molar-refractivity contribution < 1.29 is 14.6 Å². The summed E-state index contributed by atoms with van der Waals surface area (Å²) in [6.07, 6.45) is 1.35. The molecule has 0 atom stereocenters. The number of nitrogens with two attached hydrogens (primary N) is 1. The Morgan fingerprint density at radius 3 is 2.57 bits per heavy atom. The van der Waals surface area contributed by atoms with Crippen molar-refractivity contribution in [3.05, 3.63) is 35.4 Å². The lowest BCUT2D eigenvalue weighted by Crippen LogP contribution is -2.45. The number of carbonyl (C=O) groups is 1. The SMILES string of the molecule is CN(Cc1ccc(C(=O)NN)cc1)CC1(O)CCOCC1. The van der Waals surface area contributed by atoms with Gasteiger partial charge in [-0.1, -0.05) is 12.1 Å². The summed E-state index contributed by atoms with van der Waals surface area (Å²) in [5.74, 6) is 4.80. The fourth-order valence-electron chi connectivity index (χ4n) is 2.62. The highest BCUT2D eigenvalue weighted by atomic mass is 16.5. The average molecular weight is 293 g/mol. The molecule has 21 heavy (non-hydrogen) atoms. The van der Waals surface area contributed by atoms with Gasteiger partial charge in [-0.15, -0.1) is 0 Å². The molecule has 4 N–H and O–H groups in total. The predicted octanol–water partition coefficient (Wildman–Crippen LogP) is 0.263. The standard InChI is InChI=1S/C15H23N3O3/c1-18(11-15(20)6-8-21-9-7-15)10-12-2-4-13(5-3-12)14(19)17-16/h2-5,20H,6-11,16H2,1H3,(H,17,19).